The van der Waals surface area contributed by atoms with Gasteiger partial charge in [-0.25, -0.2) is 15.0 Å². The fraction of sp³-hybridized carbons (Fsp3) is 0.133. The average Bonchev–Trinajstić information content (AvgIpc) is 3.51. The van der Waals surface area contributed by atoms with Gasteiger partial charge in [-0.1, -0.05) is 161 Å². The van der Waals surface area contributed by atoms with Gasteiger partial charge in [-0.2, -0.15) is 0 Å². The third kappa shape index (κ3) is 4.24. The Morgan fingerprint density at radius 2 is 0.854 bits per heavy atom. The first-order valence-electron chi connectivity index (χ1n) is 16.7. The van der Waals surface area contributed by atoms with Crippen LogP contribution in [0.3, 0.4) is 0 Å². The zero-order chi connectivity index (χ0) is 32.6. The molecule has 0 spiro atoms. The SMILES string of the molecule is CC1(C)c2cc(-c3ccc(-c4nc(-c5ccccc5)nc(-c5ccccc5)n4)cc3)ccc2-c2c1ccc1c2C(C)(C)c2ccccc2-1. The lowest BCUT2D eigenvalue weighted by Gasteiger charge is -2.26. The molecule has 1 heterocycles. The third-order valence-electron chi connectivity index (χ3n) is 10.5. The molecule has 6 aromatic carbocycles. The Morgan fingerprint density at radius 1 is 0.354 bits per heavy atom. The molecule has 0 saturated heterocycles. The van der Waals surface area contributed by atoms with Gasteiger partial charge in [-0.15, -0.1) is 0 Å². The van der Waals surface area contributed by atoms with E-state index in [9.17, 15) is 0 Å². The molecule has 2 aliphatic carbocycles. The van der Waals surface area contributed by atoms with Crippen LogP contribution in [0.2, 0.25) is 0 Å². The van der Waals surface area contributed by atoms with Crippen LogP contribution in [0, 0.1) is 0 Å². The summed E-state index contributed by atoms with van der Waals surface area (Å²) in [6, 6.07) is 49.6. The van der Waals surface area contributed by atoms with Crippen molar-refractivity contribution in [2.24, 2.45) is 0 Å². The Bertz CT molecular complexity index is 2310. The van der Waals surface area contributed by atoms with Gasteiger partial charge in [0.2, 0.25) is 0 Å². The minimum atomic E-state index is -0.104. The molecule has 3 nitrogen and oxygen atoms in total. The van der Waals surface area contributed by atoms with E-state index in [2.05, 4.69) is 107 Å². The van der Waals surface area contributed by atoms with Gasteiger partial charge in [0.15, 0.2) is 17.5 Å². The normalized spacial score (nSPS) is 14.6. The van der Waals surface area contributed by atoms with Crippen molar-refractivity contribution in [2.75, 3.05) is 0 Å². The van der Waals surface area contributed by atoms with Crippen LogP contribution >= 0.6 is 0 Å². The molecule has 0 unspecified atom stereocenters. The molecular weight excluding hydrogens is 583 g/mol. The predicted molar refractivity (Wildman–Crippen MR) is 197 cm³/mol. The van der Waals surface area contributed by atoms with Crippen LogP contribution in [0.25, 0.3) is 67.5 Å². The minimum absolute atomic E-state index is 0.0563. The van der Waals surface area contributed by atoms with Crippen LogP contribution in [-0.4, -0.2) is 15.0 Å². The summed E-state index contributed by atoms with van der Waals surface area (Å²) in [4.78, 5) is 14.7. The summed E-state index contributed by atoms with van der Waals surface area (Å²) in [5.74, 6) is 2.00. The second-order valence-electron chi connectivity index (χ2n) is 14.1. The summed E-state index contributed by atoms with van der Waals surface area (Å²) in [5.41, 5.74) is 16.3. The zero-order valence-electron chi connectivity index (χ0n) is 27.6. The predicted octanol–water partition coefficient (Wildman–Crippen LogP) is 11.2. The highest BCUT2D eigenvalue weighted by Crippen LogP contribution is 2.59. The molecule has 3 heteroatoms. The summed E-state index contributed by atoms with van der Waals surface area (Å²) >= 11 is 0. The monoisotopic (exact) mass is 617 g/mol. The Morgan fingerprint density at radius 3 is 1.48 bits per heavy atom. The standard InChI is InChI=1S/C45H35N3/c1-44(2)37-26-25-34-33-17-11-12-18-36(33)45(3,4)40(34)39(37)35-24-23-32(27-38(35)44)28-19-21-31(22-20-28)43-47-41(29-13-7-5-8-14-29)46-42(48-43)30-15-9-6-10-16-30/h5-27H,1-4H3. The average molecular weight is 618 g/mol. The topological polar surface area (TPSA) is 38.7 Å². The number of hydrogen-bond acceptors (Lipinski definition) is 3. The highest BCUT2D eigenvalue weighted by atomic mass is 15.0. The van der Waals surface area contributed by atoms with E-state index in [0.717, 1.165) is 16.7 Å². The summed E-state index contributed by atoms with van der Waals surface area (Å²) < 4.78 is 0. The molecule has 230 valence electrons. The highest BCUT2D eigenvalue weighted by Gasteiger charge is 2.44. The van der Waals surface area contributed by atoms with E-state index < -0.39 is 0 Å². The molecule has 9 rings (SSSR count). The first-order valence-corrected chi connectivity index (χ1v) is 16.7. The van der Waals surface area contributed by atoms with Crippen LogP contribution in [-0.2, 0) is 10.8 Å². The summed E-state index contributed by atoms with van der Waals surface area (Å²) in [7, 11) is 0. The van der Waals surface area contributed by atoms with E-state index >= 15 is 0 Å². The zero-order valence-corrected chi connectivity index (χ0v) is 27.6. The largest absolute Gasteiger partial charge is 0.208 e. The van der Waals surface area contributed by atoms with E-state index in [0.29, 0.717) is 17.5 Å². The number of aromatic nitrogens is 3. The molecule has 0 amide bonds. The van der Waals surface area contributed by atoms with Crippen molar-refractivity contribution in [3.05, 3.63) is 162 Å². The Hall–Kier alpha value is -5.67. The van der Waals surface area contributed by atoms with Crippen molar-refractivity contribution in [3.63, 3.8) is 0 Å². The maximum absolute atomic E-state index is 4.92. The molecule has 0 aliphatic heterocycles. The lowest BCUT2D eigenvalue weighted by molar-refractivity contribution is 0.647. The van der Waals surface area contributed by atoms with Gasteiger partial charge < -0.3 is 0 Å². The van der Waals surface area contributed by atoms with Crippen molar-refractivity contribution in [1.82, 2.24) is 15.0 Å². The van der Waals surface area contributed by atoms with Gasteiger partial charge in [-0.3, -0.25) is 0 Å². The molecule has 7 aromatic rings. The van der Waals surface area contributed by atoms with E-state index in [1.807, 2.05) is 60.7 Å². The fourth-order valence-electron chi connectivity index (χ4n) is 8.03. The molecule has 0 N–H and O–H groups in total. The number of benzene rings is 6. The molecule has 0 atom stereocenters. The second-order valence-corrected chi connectivity index (χ2v) is 14.1. The van der Waals surface area contributed by atoms with Crippen molar-refractivity contribution in [3.8, 4) is 67.5 Å². The van der Waals surface area contributed by atoms with E-state index in [1.165, 1.54) is 55.6 Å². The van der Waals surface area contributed by atoms with Crippen LogP contribution in [0.15, 0.2) is 140 Å². The number of rotatable bonds is 4. The molecule has 0 radical (unpaired) electrons. The first-order chi connectivity index (χ1) is 23.3. The van der Waals surface area contributed by atoms with Crippen molar-refractivity contribution in [1.29, 1.82) is 0 Å². The number of fused-ring (bicyclic) bond motifs is 7. The summed E-state index contributed by atoms with van der Waals surface area (Å²) in [6.45, 7) is 9.52. The Labute approximate surface area is 282 Å². The molecule has 1 aromatic heterocycles. The Balaban J connectivity index is 1.11. The van der Waals surface area contributed by atoms with E-state index in [1.54, 1.807) is 0 Å². The number of nitrogens with zero attached hydrogens (tertiary/aromatic N) is 3. The first kappa shape index (κ1) is 28.5. The molecule has 48 heavy (non-hydrogen) atoms. The summed E-state index contributed by atoms with van der Waals surface area (Å²) in [5, 5.41) is 0. The van der Waals surface area contributed by atoms with Gasteiger partial charge in [0.05, 0.1) is 0 Å². The molecule has 2 aliphatic rings. The lowest BCUT2D eigenvalue weighted by atomic mass is 9.77. The second kappa shape index (κ2) is 10.4. The Kier molecular flexibility index (Phi) is 6.20. The van der Waals surface area contributed by atoms with Gasteiger partial charge >= 0.3 is 0 Å². The highest BCUT2D eigenvalue weighted by molar-refractivity contribution is 5.94. The minimum Gasteiger partial charge on any atom is -0.208 e. The van der Waals surface area contributed by atoms with Crippen LogP contribution in [0.4, 0.5) is 0 Å². The van der Waals surface area contributed by atoms with Crippen molar-refractivity contribution >= 4 is 0 Å². The van der Waals surface area contributed by atoms with Gasteiger partial charge in [0.25, 0.3) is 0 Å². The quantitative estimate of drug-likeness (QED) is 0.197. The van der Waals surface area contributed by atoms with Gasteiger partial charge in [-0.05, 0) is 61.7 Å². The van der Waals surface area contributed by atoms with Gasteiger partial charge in [0, 0.05) is 27.5 Å². The van der Waals surface area contributed by atoms with Crippen molar-refractivity contribution < 1.29 is 0 Å². The van der Waals surface area contributed by atoms with Crippen LogP contribution in [0.5, 0.6) is 0 Å². The number of hydrogen-bond donors (Lipinski definition) is 0. The van der Waals surface area contributed by atoms with Gasteiger partial charge in [0.1, 0.15) is 0 Å². The van der Waals surface area contributed by atoms with Crippen LogP contribution in [0.1, 0.15) is 49.9 Å². The molecular formula is C45H35N3. The fourth-order valence-corrected chi connectivity index (χ4v) is 8.03. The molecule has 0 fully saturated rings. The smallest absolute Gasteiger partial charge is 0.164 e. The van der Waals surface area contributed by atoms with E-state index in [-0.39, 0.29) is 10.8 Å². The van der Waals surface area contributed by atoms with Crippen LogP contribution < -0.4 is 0 Å². The third-order valence-corrected chi connectivity index (χ3v) is 10.5. The van der Waals surface area contributed by atoms with E-state index in [4.69, 9.17) is 15.0 Å². The molecule has 0 saturated carbocycles. The maximum atomic E-state index is 4.92. The van der Waals surface area contributed by atoms with Crippen molar-refractivity contribution in [2.45, 2.75) is 38.5 Å². The summed E-state index contributed by atoms with van der Waals surface area (Å²) in [6.07, 6.45) is 0. The maximum Gasteiger partial charge on any atom is 0.164 e. The molecule has 0 bridgehead atoms. The lowest BCUT2D eigenvalue weighted by Crippen LogP contribution is -2.18.